The molecule has 0 aromatic carbocycles. The largest absolute Gasteiger partial charge is 0.318 e. The maximum absolute atomic E-state index is 12.1. The lowest BCUT2D eigenvalue weighted by atomic mass is 10.2. The van der Waals surface area contributed by atoms with Crippen molar-refractivity contribution in [1.29, 1.82) is 0 Å². The van der Waals surface area contributed by atoms with Crippen LogP contribution in [0, 0.1) is 6.92 Å². The fourth-order valence-corrected chi connectivity index (χ4v) is 3.39. The Kier molecular flexibility index (Phi) is 4.60. The molecular formula is C14H23N3OS. The standard InChI is InChI=1S/C14H23N3OS/c1-10(7-8-16(3)4)17-13(18)9-15-14(17)12-6-5-11(2)19-12/h5-6,10,14-15H,7-9H2,1-4H3. The molecule has 0 aliphatic carbocycles. The van der Waals surface area contributed by atoms with E-state index in [1.165, 1.54) is 9.75 Å². The number of rotatable bonds is 5. The maximum atomic E-state index is 12.1. The quantitative estimate of drug-likeness (QED) is 0.894. The van der Waals surface area contributed by atoms with E-state index in [0.717, 1.165) is 13.0 Å². The van der Waals surface area contributed by atoms with E-state index >= 15 is 0 Å². The minimum atomic E-state index is 0.0587. The number of amides is 1. The zero-order valence-corrected chi connectivity index (χ0v) is 13.0. The molecule has 2 heterocycles. The molecule has 1 aromatic rings. The monoisotopic (exact) mass is 281 g/mol. The molecule has 1 aliphatic heterocycles. The molecule has 0 spiro atoms. The van der Waals surface area contributed by atoms with E-state index in [9.17, 15) is 4.79 Å². The predicted molar refractivity (Wildman–Crippen MR) is 79.3 cm³/mol. The summed E-state index contributed by atoms with van der Waals surface area (Å²) in [4.78, 5) is 18.8. The summed E-state index contributed by atoms with van der Waals surface area (Å²) < 4.78 is 0. The smallest absolute Gasteiger partial charge is 0.238 e. The normalized spacial score (nSPS) is 21.4. The number of thiophene rings is 1. The number of hydrogen-bond acceptors (Lipinski definition) is 4. The molecule has 2 atom stereocenters. The molecule has 4 nitrogen and oxygen atoms in total. The fraction of sp³-hybridized carbons (Fsp3) is 0.643. The zero-order valence-electron chi connectivity index (χ0n) is 12.1. The highest BCUT2D eigenvalue weighted by Gasteiger charge is 2.35. The Balaban J connectivity index is 2.09. The van der Waals surface area contributed by atoms with Crippen LogP contribution in [0.15, 0.2) is 12.1 Å². The highest BCUT2D eigenvalue weighted by atomic mass is 32.1. The van der Waals surface area contributed by atoms with Crippen molar-refractivity contribution in [3.05, 3.63) is 21.9 Å². The van der Waals surface area contributed by atoms with Crippen LogP contribution in [0.2, 0.25) is 0 Å². The van der Waals surface area contributed by atoms with Crippen LogP contribution in [0.4, 0.5) is 0 Å². The molecule has 5 heteroatoms. The van der Waals surface area contributed by atoms with E-state index in [2.05, 4.69) is 50.3 Å². The number of nitrogens with zero attached hydrogens (tertiary/aromatic N) is 2. The van der Waals surface area contributed by atoms with E-state index in [0.29, 0.717) is 6.54 Å². The highest BCUT2D eigenvalue weighted by Crippen LogP contribution is 2.30. The Hall–Kier alpha value is -0.910. The molecule has 0 saturated carbocycles. The number of nitrogens with one attached hydrogen (secondary N) is 1. The van der Waals surface area contributed by atoms with Gasteiger partial charge in [-0.25, -0.2) is 0 Å². The van der Waals surface area contributed by atoms with Crippen molar-refractivity contribution in [1.82, 2.24) is 15.1 Å². The number of hydrogen-bond donors (Lipinski definition) is 1. The van der Waals surface area contributed by atoms with Crippen LogP contribution < -0.4 is 5.32 Å². The maximum Gasteiger partial charge on any atom is 0.238 e. The minimum absolute atomic E-state index is 0.0587. The average molecular weight is 281 g/mol. The summed E-state index contributed by atoms with van der Waals surface area (Å²) in [5.74, 6) is 0.210. The Morgan fingerprint density at radius 3 is 2.84 bits per heavy atom. The summed E-state index contributed by atoms with van der Waals surface area (Å²) >= 11 is 1.77. The third-order valence-electron chi connectivity index (χ3n) is 3.51. The molecule has 1 fully saturated rings. The molecule has 1 aliphatic rings. The van der Waals surface area contributed by atoms with Crippen molar-refractivity contribution in [3.8, 4) is 0 Å². The van der Waals surface area contributed by atoms with Crippen molar-refractivity contribution < 1.29 is 4.79 Å². The average Bonchev–Trinajstić information content (AvgIpc) is 2.92. The number of aryl methyl sites for hydroxylation is 1. The zero-order chi connectivity index (χ0) is 14.0. The van der Waals surface area contributed by atoms with Gasteiger partial charge in [0, 0.05) is 15.8 Å². The lowest BCUT2D eigenvalue weighted by molar-refractivity contribution is -0.130. The molecule has 2 rings (SSSR count). The van der Waals surface area contributed by atoms with E-state index in [-0.39, 0.29) is 18.1 Å². The molecule has 106 valence electrons. The Bertz CT molecular complexity index is 444. The van der Waals surface area contributed by atoms with Crippen molar-refractivity contribution in [2.24, 2.45) is 0 Å². The lowest BCUT2D eigenvalue weighted by Gasteiger charge is -2.30. The topological polar surface area (TPSA) is 35.6 Å². The molecule has 19 heavy (non-hydrogen) atoms. The van der Waals surface area contributed by atoms with Gasteiger partial charge in [-0.15, -0.1) is 11.3 Å². The second-order valence-electron chi connectivity index (χ2n) is 5.47. The molecule has 1 saturated heterocycles. The Morgan fingerprint density at radius 1 is 1.53 bits per heavy atom. The van der Waals surface area contributed by atoms with Crippen LogP contribution in [0.3, 0.4) is 0 Å². The van der Waals surface area contributed by atoms with Gasteiger partial charge in [0.05, 0.1) is 6.54 Å². The van der Waals surface area contributed by atoms with E-state index in [1.807, 2.05) is 4.90 Å². The van der Waals surface area contributed by atoms with Crippen LogP contribution in [-0.2, 0) is 4.79 Å². The minimum Gasteiger partial charge on any atom is -0.318 e. The molecule has 1 aromatic heterocycles. The summed E-state index contributed by atoms with van der Waals surface area (Å²) in [5.41, 5.74) is 0. The van der Waals surface area contributed by atoms with Gasteiger partial charge in [-0.2, -0.15) is 0 Å². The second kappa shape index (κ2) is 6.03. The van der Waals surface area contributed by atoms with Gasteiger partial charge in [0.25, 0.3) is 0 Å². The summed E-state index contributed by atoms with van der Waals surface area (Å²) in [7, 11) is 4.13. The van der Waals surface area contributed by atoms with Crippen molar-refractivity contribution in [2.45, 2.75) is 32.5 Å². The molecule has 0 radical (unpaired) electrons. The first-order chi connectivity index (χ1) is 8.99. The van der Waals surface area contributed by atoms with E-state index in [1.54, 1.807) is 11.3 Å². The first-order valence-corrected chi connectivity index (χ1v) is 7.56. The van der Waals surface area contributed by atoms with Crippen molar-refractivity contribution >= 4 is 17.2 Å². The van der Waals surface area contributed by atoms with Crippen LogP contribution in [0.1, 0.15) is 29.3 Å². The summed E-state index contributed by atoms with van der Waals surface area (Å²) in [6.07, 6.45) is 1.06. The van der Waals surface area contributed by atoms with Gasteiger partial charge in [-0.3, -0.25) is 10.1 Å². The highest BCUT2D eigenvalue weighted by molar-refractivity contribution is 7.12. The van der Waals surface area contributed by atoms with Gasteiger partial charge >= 0.3 is 0 Å². The Morgan fingerprint density at radius 2 is 2.26 bits per heavy atom. The predicted octanol–water partition coefficient (Wildman–Crippen LogP) is 1.83. The van der Waals surface area contributed by atoms with Gasteiger partial charge < -0.3 is 9.80 Å². The van der Waals surface area contributed by atoms with E-state index < -0.39 is 0 Å². The first kappa shape index (κ1) is 14.5. The van der Waals surface area contributed by atoms with Crippen molar-refractivity contribution in [3.63, 3.8) is 0 Å². The number of carbonyl (C=O) groups excluding carboxylic acids is 1. The van der Waals surface area contributed by atoms with Gasteiger partial charge in [0.1, 0.15) is 6.17 Å². The second-order valence-corrected chi connectivity index (χ2v) is 6.79. The van der Waals surface area contributed by atoms with Crippen molar-refractivity contribution in [2.75, 3.05) is 27.2 Å². The number of carbonyl (C=O) groups is 1. The summed E-state index contributed by atoms with van der Waals surface area (Å²) in [6, 6.07) is 4.51. The lowest BCUT2D eigenvalue weighted by Crippen LogP contribution is -2.39. The summed E-state index contributed by atoms with van der Waals surface area (Å²) in [6.45, 7) is 5.70. The van der Waals surface area contributed by atoms with Crippen LogP contribution in [0.5, 0.6) is 0 Å². The van der Waals surface area contributed by atoms with Crippen LogP contribution in [0.25, 0.3) is 0 Å². The van der Waals surface area contributed by atoms with Gasteiger partial charge in [0.2, 0.25) is 5.91 Å². The molecule has 2 unspecified atom stereocenters. The molecule has 0 bridgehead atoms. The van der Waals surface area contributed by atoms with E-state index in [4.69, 9.17) is 0 Å². The SMILES string of the molecule is Cc1ccc(C2NCC(=O)N2C(C)CCN(C)C)s1. The van der Waals surface area contributed by atoms with Gasteiger partial charge in [0.15, 0.2) is 0 Å². The third kappa shape index (κ3) is 3.35. The van der Waals surface area contributed by atoms with Crippen LogP contribution in [-0.4, -0.2) is 48.9 Å². The Labute approximate surface area is 119 Å². The molecular weight excluding hydrogens is 258 g/mol. The van der Waals surface area contributed by atoms with Gasteiger partial charge in [-0.1, -0.05) is 0 Å². The van der Waals surface area contributed by atoms with Gasteiger partial charge in [-0.05, 0) is 53.0 Å². The summed E-state index contributed by atoms with van der Waals surface area (Å²) in [5, 5.41) is 3.33. The first-order valence-electron chi connectivity index (χ1n) is 6.74. The molecule has 1 amide bonds. The third-order valence-corrected chi connectivity index (χ3v) is 4.57. The molecule has 1 N–H and O–H groups in total. The fourth-order valence-electron chi connectivity index (χ4n) is 2.44. The van der Waals surface area contributed by atoms with Crippen LogP contribution >= 0.6 is 11.3 Å².